The van der Waals surface area contributed by atoms with Gasteiger partial charge in [-0.05, 0) is 70.9 Å². The summed E-state index contributed by atoms with van der Waals surface area (Å²) < 4.78 is 0. The van der Waals surface area contributed by atoms with Crippen molar-refractivity contribution in [1.29, 1.82) is 0 Å². The highest BCUT2D eigenvalue weighted by Crippen LogP contribution is 2.19. The SMILES string of the molecule is CC1CCCCN1C(=O)CN1CCCC(CNC(=O)C2CCCN2)C1.Cl. The largest absolute Gasteiger partial charge is 0.354 e. The van der Waals surface area contributed by atoms with Gasteiger partial charge in [-0.3, -0.25) is 14.5 Å². The average Bonchev–Trinajstić information content (AvgIpc) is 3.15. The molecule has 150 valence electrons. The highest BCUT2D eigenvalue weighted by Gasteiger charge is 2.28. The molecule has 3 heterocycles. The first kappa shape index (κ1) is 21.5. The Kier molecular flexibility index (Phi) is 8.64. The lowest BCUT2D eigenvalue weighted by molar-refractivity contribution is -0.136. The number of nitrogens with one attached hydrogen (secondary N) is 2. The normalized spacial score (nSPS) is 29.9. The van der Waals surface area contributed by atoms with E-state index in [1.165, 1.54) is 6.42 Å². The number of halogens is 1. The second-order valence-corrected chi connectivity index (χ2v) is 8.07. The van der Waals surface area contributed by atoms with Crippen molar-refractivity contribution in [2.75, 3.05) is 39.3 Å². The minimum atomic E-state index is 0. The van der Waals surface area contributed by atoms with Crippen LogP contribution in [-0.4, -0.2) is 73.0 Å². The first-order chi connectivity index (χ1) is 12.1. The van der Waals surface area contributed by atoms with E-state index in [-0.39, 0.29) is 30.3 Å². The van der Waals surface area contributed by atoms with Crippen LogP contribution in [0.5, 0.6) is 0 Å². The van der Waals surface area contributed by atoms with Crippen molar-refractivity contribution in [1.82, 2.24) is 20.4 Å². The first-order valence-electron chi connectivity index (χ1n) is 10.2. The van der Waals surface area contributed by atoms with Gasteiger partial charge in [-0.1, -0.05) is 0 Å². The summed E-state index contributed by atoms with van der Waals surface area (Å²) in [5, 5.41) is 6.36. The summed E-state index contributed by atoms with van der Waals surface area (Å²) in [7, 11) is 0. The van der Waals surface area contributed by atoms with Gasteiger partial charge in [0.1, 0.15) is 0 Å². The molecule has 0 aromatic carbocycles. The van der Waals surface area contributed by atoms with Crippen LogP contribution in [-0.2, 0) is 9.59 Å². The molecule has 3 fully saturated rings. The van der Waals surface area contributed by atoms with Crippen LogP contribution >= 0.6 is 12.4 Å². The van der Waals surface area contributed by atoms with Crippen molar-refractivity contribution in [3.8, 4) is 0 Å². The van der Waals surface area contributed by atoms with Gasteiger partial charge in [0.05, 0.1) is 12.6 Å². The second kappa shape index (κ2) is 10.5. The van der Waals surface area contributed by atoms with Gasteiger partial charge in [-0.25, -0.2) is 0 Å². The molecule has 0 spiro atoms. The monoisotopic (exact) mass is 386 g/mol. The van der Waals surface area contributed by atoms with E-state index in [2.05, 4.69) is 27.4 Å². The number of nitrogens with zero attached hydrogens (tertiary/aromatic N) is 2. The van der Waals surface area contributed by atoms with Crippen LogP contribution in [0.2, 0.25) is 0 Å². The quantitative estimate of drug-likeness (QED) is 0.749. The standard InChI is InChI=1S/C19H34N4O2.ClH/c1-15-6-2-3-11-23(15)18(24)14-22-10-5-7-16(13-22)12-21-19(25)17-8-4-9-20-17;/h15-17,20H,2-14H2,1H3,(H,21,25);1H. The Morgan fingerprint density at radius 3 is 2.65 bits per heavy atom. The van der Waals surface area contributed by atoms with Gasteiger partial charge < -0.3 is 15.5 Å². The van der Waals surface area contributed by atoms with Crippen molar-refractivity contribution >= 4 is 24.2 Å². The van der Waals surface area contributed by atoms with Crippen molar-refractivity contribution in [3.63, 3.8) is 0 Å². The molecule has 0 radical (unpaired) electrons. The molecule has 3 rings (SSSR count). The molecule has 3 aliphatic rings. The summed E-state index contributed by atoms with van der Waals surface area (Å²) in [4.78, 5) is 29.1. The van der Waals surface area contributed by atoms with E-state index in [9.17, 15) is 9.59 Å². The van der Waals surface area contributed by atoms with E-state index in [0.717, 1.165) is 71.2 Å². The number of rotatable bonds is 5. The summed E-state index contributed by atoms with van der Waals surface area (Å²) in [6.07, 6.45) is 7.81. The molecule has 0 aliphatic carbocycles. The third-order valence-corrected chi connectivity index (χ3v) is 6.03. The fourth-order valence-corrected chi connectivity index (χ4v) is 4.49. The van der Waals surface area contributed by atoms with Crippen molar-refractivity contribution in [3.05, 3.63) is 0 Å². The Balaban J connectivity index is 0.00000243. The number of amides is 2. The smallest absolute Gasteiger partial charge is 0.237 e. The summed E-state index contributed by atoms with van der Waals surface area (Å²) in [6, 6.07) is 0.391. The fourth-order valence-electron chi connectivity index (χ4n) is 4.49. The first-order valence-corrected chi connectivity index (χ1v) is 10.2. The zero-order chi connectivity index (χ0) is 17.6. The van der Waals surface area contributed by atoms with Gasteiger partial charge >= 0.3 is 0 Å². The van der Waals surface area contributed by atoms with Crippen molar-refractivity contribution in [2.24, 2.45) is 5.92 Å². The van der Waals surface area contributed by atoms with E-state index in [1.54, 1.807) is 0 Å². The number of piperidine rings is 2. The topological polar surface area (TPSA) is 64.7 Å². The van der Waals surface area contributed by atoms with E-state index in [1.807, 2.05) is 0 Å². The van der Waals surface area contributed by atoms with Gasteiger partial charge in [-0.2, -0.15) is 0 Å². The van der Waals surface area contributed by atoms with Gasteiger partial charge in [0.25, 0.3) is 0 Å². The summed E-state index contributed by atoms with van der Waals surface area (Å²) >= 11 is 0. The third-order valence-electron chi connectivity index (χ3n) is 6.03. The molecule has 26 heavy (non-hydrogen) atoms. The lowest BCUT2D eigenvalue weighted by Crippen LogP contribution is -2.50. The molecular formula is C19H35ClN4O2. The van der Waals surface area contributed by atoms with Crippen LogP contribution in [0.15, 0.2) is 0 Å². The zero-order valence-corrected chi connectivity index (χ0v) is 16.9. The van der Waals surface area contributed by atoms with E-state index >= 15 is 0 Å². The molecule has 0 aromatic heterocycles. The van der Waals surface area contributed by atoms with Gasteiger partial charge in [0.15, 0.2) is 0 Å². The third kappa shape index (κ3) is 5.83. The van der Waals surface area contributed by atoms with Crippen LogP contribution in [0.4, 0.5) is 0 Å². The molecule has 3 aliphatic heterocycles. The number of likely N-dealkylation sites (tertiary alicyclic amines) is 2. The Morgan fingerprint density at radius 1 is 1.08 bits per heavy atom. The predicted molar refractivity (Wildman–Crippen MR) is 105 cm³/mol. The molecule has 3 saturated heterocycles. The molecular weight excluding hydrogens is 352 g/mol. The fraction of sp³-hybridized carbons (Fsp3) is 0.895. The van der Waals surface area contributed by atoms with E-state index in [4.69, 9.17) is 0 Å². The lowest BCUT2D eigenvalue weighted by atomic mass is 9.97. The average molecular weight is 387 g/mol. The molecule has 0 saturated carbocycles. The van der Waals surface area contributed by atoms with Gasteiger partial charge in [-0.15, -0.1) is 12.4 Å². The molecule has 3 unspecified atom stereocenters. The van der Waals surface area contributed by atoms with E-state index < -0.39 is 0 Å². The number of hydrogen-bond donors (Lipinski definition) is 2. The predicted octanol–water partition coefficient (Wildman–Crippen LogP) is 1.39. The number of carbonyl (C=O) groups is 2. The lowest BCUT2D eigenvalue weighted by Gasteiger charge is -2.37. The second-order valence-electron chi connectivity index (χ2n) is 8.07. The summed E-state index contributed by atoms with van der Waals surface area (Å²) in [6.45, 7) is 7.24. The Hall–Kier alpha value is -0.850. The molecule has 6 nitrogen and oxygen atoms in total. The number of hydrogen-bond acceptors (Lipinski definition) is 4. The van der Waals surface area contributed by atoms with Crippen LogP contribution < -0.4 is 10.6 Å². The molecule has 7 heteroatoms. The number of carbonyl (C=O) groups excluding carboxylic acids is 2. The molecule has 0 bridgehead atoms. The van der Waals surface area contributed by atoms with Gasteiger partial charge in [0.2, 0.25) is 11.8 Å². The van der Waals surface area contributed by atoms with Crippen LogP contribution in [0.25, 0.3) is 0 Å². The molecule has 0 aromatic rings. The summed E-state index contributed by atoms with van der Waals surface area (Å²) in [5.74, 6) is 0.894. The zero-order valence-electron chi connectivity index (χ0n) is 16.0. The van der Waals surface area contributed by atoms with Crippen LogP contribution in [0.1, 0.15) is 51.9 Å². The highest BCUT2D eigenvalue weighted by molar-refractivity contribution is 5.85. The summed E-state index contributed by atoms with van der Waals surface area (Å²) in [5.41, 5.74) is 0. The highest BCUT2D eigenvalue weighted by atomic mass is 35.5. The van der Waals surface area contributed by atoms with E-state index in [0.29, 0.717) is 18.5 Å². The molecule has 2 amide bonds. The van der Waals surface area contributed by atoms with Crippen molar-refractivity contribution in [2.45, 2.75) is 64.0 Å². The maximum atomic E-state index is 12.6. The van der Waals surface area contributed by atoms with Crippen LogP contribution in [0, 0.1) is 5.92 Å². The van der Waals surface area contributed by atoms with Gasteiger partial charge in [0, 0.05) is 25.7 Å². The molecule has 2 N–H and O–H groups in total. The molecule has 3 atom stereocenters. The maximum Gasteiger partial charge on any atom is 0.237 e. The maximum absolute atomic E-state index is 12.6. The van der Waals surface area contributed by atoms with Crippen molar-refractivity contribution < 1.29 is 9.59 Å². The minimum absolute atomic E-state index is 0. The van der Waals surface area contributed by atoms with Crippen LogP contribution in [0.3, 0.4) is 0 Å². The Morgan fingerprint density at radius 2 is 1.92 bits per heavy atom. The Bertz CT molecular complexity index is 470. The minimum Gasteiger partial charge on any atom is -0.354 e. The Labute approximate surface area is 163 Å².